The first kappa shape index (κ1) is 16.6. The highest BCUT2D eigenvalue weighted by atomic mass is 79.9. The van der Waals surface area contributed by atoms with E-state index in [1.54, 1.807) is 0 Å². The van der Waals surface area contributed by atoms with Crippen LogP contribution in [0.4, 0.5) is 22.0 Å². The van der Waals surface area contributed by atoms with E-state index in [4.69, 9.17) is 5.26 Å². The molecular formula is C12H4BrF5N2OS. The maximum atomic E-state index is 13.0. The Morgan fingerprint density at radius 1 is 1.27 bits per heavy atom. The molecule has 0 bridgehead atoms. The number of nitriles is 1. The number of benzene rings is 1. The summed E-state index contributed by atoms with van der Waals surface area (Å²) in [4.78, 5) is -0.124. The summed E-state index contributed by atoms with van der Waals surface area (Å²) in [5.74, 6) is -1.55. The lowest BCUT2D eigenvalue weighted by Gasteiger charge is -2.07. The third-order valence-electron chi connectivity index (χ3n) is 2.55. The maximum Gasteiger partial charge on any atom is 0.416 e. The number of fused-ring (bicyclic) bond motifs is 1. The molecule has 0 saturated heterocycles. The van der Waals surface area contributed by atoms with Crippen LogP contribution >= 0.6 is 27.3 Å². The minimum atomic E-state index is -4.57. The quantitative estimate of drug-likeness (QED) is 0.331. The number of aromatic nitrogens is 1. The van der Waals surface area contributed by atoms with Gasteiger partial charge in [-0.3, -0.25) is 0 Å². The molecule has 0 aliphatic rings. The van der Waals surface area contributed by atoms with Crippen LogP contribution in [0.1, 0.15) is 10.6 Å². The van der Waals surface area contributed by atoms with Gasteiger partial charge in [0.05, 0.1) is 15.8 Å². The summed E-state index contributed by atoms with van der Waals surface area (Å²) in [5, 5.41) is 17.9. The van der Waals surface area contributed by atoms with E-state index < -0.39 is 27.9 Å². The Morgan fingerprint density at radius 3 is 2.41 bits per heavy atom. The lowest BCUT2D eigenvalue weighted by atomic mass is 10.2. The third-order valence-corrected chi connectivity index (χ3v) is 3.98. The minimum Gasteiger partial charge on any atom is -0.505 e. The second-order valence-electron chi connectivity index (χ2n) is 4.03. The van der Waals surface area contributed by atoms with Crippen molar-refractivity contribution in [2.45, 2.75) is 11.0 Å². The van der Waals surface area contributed by atoms with E-state index in [1.165, 1.54) is 6.07 Å². The SMILES string of the molecule is N#CC(=C(O)C(F)(F)Br)c1nc2cc(C(F)(F)F)ccc2s1. The lowest BCUT2D eigenvalue weighted by Crippen LogP contribution is -2.11. The van der Waals surface area contributed by atoms with Gasteiger partial charge in [0.1, 0.15) is 16.6 Å². The van der Waals surface area contributed by atoms with E-state index in [0.29, 0.717) is 0 Å². The van der Waals surface area contributed by atoms with Gasteiger partial charge in [0.25, 0.3) is 0 Å². The normalized spacial score (nSPS) is 13.9. The van der Waals surface area contributed by atoms with Crippen molar-refractivity contribution in [1.82, 2.24) is 4.98 Å². The molecule has 0 saturated carbocycles. The van der Waals surface area contributed by atoms with E-state index >= 15 is 0 Å². The van der Waals surface area contributed by atoms with Crippen LogP contribution in [-0.2, 0) is 6.18 Å². The second-order valence-corrected chi connectivity index (χ2v) is 6.06. The van der Waals surface area contributed by atoms with Crippen molar-refractivity contribution in [3.63, 3.8) is 0 Å². The molecule has 3 nitrogen and oxygen atoms in total. The Balaban J connectivity index is 2.61. The van der Waals surface area contributed by atoms with E-state index in [9.17, 15) is 27.1 Å². The Bertz CT molecular complexity index is 800. The first-order valence-corrected chi connectivity index (χ1v) is 7.03. The van der Waals surface area contributed by atoms with Gasteiger partial charge in [0, 0.05) is 0 Å². The van der Waals surface area contributed by atoms with Crippen molar-refractivity contribution in [2.24, 2.45) is 0 Å². The Labute approximate surface area is 132 Å². The predicted molar refractivity (Wildman–Crippen MR) is 73.7 cm³/mol. The van der Waals surface area contributed by atoms with Crippen molar-refractivity contribution in [1.29, 1.82) is 5.26 Å². The van der Waals surface area contributed by atoms with Crippen LogP contribution in [0, 0.1) is 11.3 Å². The van der Waals surface area contributed by atoms with Crippen LogP contribution in [0.3, 0.4) is 0 Å². The molecule has 0 amide bonds. The average Bonchev–Trinajstić information content (AvgIpc) is 2.79. The molecule has 0 radical (unpaired) electrons. The summed E-state index contributed by atoms with van der Waals surface area (Å²) in [5.41, 5.74) is -1.86. The fourth-order valence-electron chi connectivity index (χ4n) is 1.55. The summed E-state index contributed by atoms with van der Waals surface area (Å²) >= 11 is 2.62. The molecule has 1 aromatic carbocycles. The Hall–Kier alpha value is -1.73. The van der Waals surface area contributed by atoms with Gasteiger partial charge in [-0.1, -0.05) is 0 Å². The van der Waals surface area contributed by atoms with Crippen LogP contribution in [-0.4, -0.2) is 14.9 Å². The number of aliphatic hydroxyl groups is 1. The number of aliphatic hydroxyl groups excluding tert-OH is 1. The topological polar surface area (TPSA) is 56.9 Å². The molecule has 1 aromatic heterocycles. The molecule has 22 heavy (non-hydrogen) atoms. The first-order valence-electron chi connectivity index (χ1n) is 5.42. The van der Waals surface area contributed by atoms with Gasteiger partial charge < -0.3 is 5.11 Å². The molecule has 2 rings (SSSR count). The van der Waals surface area contributed by atoms with E-state index in [2.05, 4.69) is 4.98 Å². The highest BCUT2D eigenvalue weighted by molar-refractivity contribution is 9.10. The van der Waals surface area contributed by atoms with Gasteiger partial charge in [-0.15, -0.1) is 11.3 Å². The molecular weight excluding hydrogens is 395 g/mol. The van der Waals surface area contributed by atoms with Crippen LogP contribution in [0.2, 0.25) is 0 Å². The highest BCUT2D eigenvalue weighted by Crippen LogP contribution is 2.38. The van der Waals surface area contributed by atoms with Crippen LogP contribution < -0.4 is 0 Å². The zero-order valence-electron chi connectivity index (χ0n) is 10.2. The maximum absolute atomic E-state index is 13.0. The molecule has 116 valence electrons. The van der Waals surface area contributed by atoms with E-state index in [0.717, 1.165) is 29.5 Å². The number of alkyl halides is 6. The number of halogens is 6. The molecule has 0 aliphatic heterocycles. The summed E-state index contributed by atoms with van der Waals surface area (Å²) in [7, 11) is 0. The lowest BCUT2D eigenvalue weighted by molar-refractivity contribution is -0.137. The molecule has 0 atom stereocenters. The van der Waals surface area contributed by atoms with Crippen molar-refractivity contribution < 1.29 is 27.1 Å². The smallest absolute Gasteiger partial charge is 0.416 e. The highest BCUT2D eigenvalue weighted by Gasteiger charge is 2.35. The first-order chi connectivity index (χ1) is 10.0. The van der Waals surface area contributed by atoms with Gasteiger partial charge in [-0.25, -0.2) is 4.98 Å². The Kier molecular flexibility index (Phi) is 4.14. The summed E-state index contributed by atoms with van der Waals surface area (Å²) in [6.45, 7) is 0. The van der Waals surface area contributed by atoms with Gasteiger partial charge >= 0.3 is 11.0 Å². The van der Waals surface area contributed by atoms with Crippen LogP contribution in [0.5, 0.6) is 0 Å². The number of nitrogens with zero attached hydrogens (tertiary/aromatic N) is 2. The summed E-state index contributed by atoms with van der Waals surface area (Å²) in [6, 6.07) is 4.06. The minimum absolute atomic E-state index is 0.103. The van der Waals surface area contributed by atoms with Gasteiger partial charge in [-0.2, -0.15) is 27.2 Å². The van der Waals surface area contributed by atoms with Crippen molar-refractivity contribution in [3.05, 3.63) is 34.5 Å². The largest absolute Gasteiger partial charge is 0.505 e. The summed E-state index contributed by atoms with van der Waals surface area (Å²) < 4.78 is 64.1. The zero-order chi connectivity index (χ0) is 16.7. The van der Waals surface area contributed by atoms with Crippen molar-refractivity contribution in [2.75, 3.05) is 0 Å². The fraction of sp³-hybridized carbons (Fsp3) is 0.167. The average molecular weight is 399 g/mol. The van der Waals surface area contributed by atoms with Gasteiger partial charge in [-0.05, 0) is 34.1 Å². The molecule has 10 heteroatoms. The second kappa shape index (κ2) is 5.48. The number of allylic oxidation sites excluding steroid dienone is 2. The molecule has 2 aromatic rings. The molecule has 0 spiro atoms. The summed E-state index contributed by atoms with van der Waals surface area (Å²) in [6.07, 6.45) is -4.57. The number of hydrogen-bond donors (Lipinski definition) is 1. The molecule has 1 heterocycles. The predicted octanol–water partition coefficient (Wildman–Crippen LogP) is 5.10. The van der Waals surface area contributed by atoms with Crippen LogP contribution in [0.15, 0.2) is 24.0 Å². The van der Waals surface area contributed by atoms with Crippen molar-refractivity contribution >= 4 is 43.1 Å². The zero-order valence-corrected chi connectivity index (χ0v) is 12.7. The van der Waals surface area contributed by atoms with Crippen LogP contribution in [0.25, 0.3) is 15.8 Å². The Morgan fingerprint density at radius 2 is 1.91 bits per heavy atom. The molecule has 0 aliphatic carbocycles. The van der Waals surface area contributed by atoms with Crippen molar-refractivity contribution in [3.8, 4) is 6.07 Å². The standard InChI is InChI=1S/C12H4BrF5N2OS/c13-11(14,15)9(21)6(4-19)10-20-7-3-5(12(16,17)18)1-2-8(7)22-10/h1-3,21H. The monoisotopic (exact) mass is 398 g/mol. The fourth-order valence-corrected chi connectivity index (χ4v) is 2.69. The van der Waals surface area contributed by atoms with Gasteiger partial charge in [0.15, 0.2) is 5.76 Å². The number of hydrogen-bond acceptors (Lipinski definition) is 4. The number of rotatable bonds is 2. The number of thiazole rings is 1. The van der Waals surface area contributed by atoms with Gasteiger partial charge in [0.2, 0.25) is 0 Å². The molecule has 1 N–H and O–H groups in total. The molecule has 0 unspecified atom stereocenters. The van der Waals surface area contributed by atoms with E-state index in [1.807, 2.05) is 15.9 Å². The third kappa shape index (κ3) is 3.20. The van der Waals surface area contributed by atoms with E-state index in [-0.39, 0.29) is 15.2 Å². The molecule has 0 fully saturated rings.